The van der Waals surface area contributed by atoms with Crippen LogP contribution >= 0.6 is 0 Å². The molecule has 34 heavy (non-hydrogen) atoms. The van der Waals surface area contributed by atoms with E-state index >= 15 is 0 Å². The van der Waals surface area contributed by atoms with Crippen LogP contribution in [0.5, 0.6) is 0 Å². The number of aryl methyl sites for hydroxylation is 2. The predicted molar refractivity (Wildman–Crippen MR) is 129 cm³/mol. The van der Waals surface area contributed by atoms with E-state index in [0.29, 0.717) is 39.7 Å². The Morgan fingerprint density at radius 3 is 2.56 bits per heavy atom. The summed E-state index contributed by atoms with van der Waals surface area (Å²) in [6.07, 6.45) is 1.35. The SMILES string of the molecule is Cc1nnc(-c2c(N)ncnc2N[C@@H](C)c2nc3cccc(C)c3c(=O)n2-c2ccccc2)o1. The Morgan fingerprint density at radius 2 is 1.82 bits per heavy atom. The molecule has 0 fully saturated rings. The number of hydrogen-bond donors (Lipinski definition) is 2. The maximum atomic E-state index is 13.7. The van der Waals surface area contributed by atoms with Crippen molar-refractivity contribution < 1.29 is 4.42 Å². The third-order valence-electron chi connectivity index (χ3n) is 5.50. The van der Waals surface area contributed by atoms with Gasteiger partial charge < -0.3 is 15.5 Å². The highest BCUT2D eigenvalue weighted by molar-refractivity contribution is 5.82. The molecule has 0 radical (unpaired) electrons. The predicted octanol–water partition coefficient (Wildman–Crippen LogP) is 3.60. The minimum absolute atomic E-state index is 0.145. The molecule has 3 aromatic heterocycles. The van der Waals surface area contributed by atoms with Crippen LogP contribution in [0.25, 0.3) is 28.0 Å². The molecule has 3 N–H and O–H groups in total. The lowest BCUT2D eigenvalue weighted by Gasteiger charge is -2.21. The lowest BCUT2D eigenvalue weighted by molar-refractivity contribution is 0.532. The fraction of sp³-hybridized carbons (Fsp3) is 0.167. The molecule has 5 aromatic rings. The van der Waals surface area contributed by atoms with Gasteiger partial charge in [-0.05, 0) is 37.6 Å². The van der Waals surface area contributed by atoms with Crippen LogP contribution in [0.3, 0.4) is 0 Å². The number of nitrogen functional groups attached to an aromatic ring is 1. The Labute approximate surface area is 194 Å². The van der Waals surface area contributed by atoms with Gasteiger partial charge in [-0.2, -0.15) is 0 Å². The van der Waals surface area contributed by atoms with Gasteiger partial charge in [-0.15, -0.1) is 10.2 Å². The van der Waals surface area contributed by atoms with Crippen LogP contribution in [0, 0.1) is 13.8 Å². The number of nitrogens with two attached hydrogens (primary N) is 1. The van der Waals surface area contributed by atoms with E-state index < -0.39 is 6.04 Å². The van der Waals surface area contributed by atoms with Gasteiger partial charge in [0.25, 0.3) is 11.4 Å². The van der Waals surface area contributed by atoms with E-state index in [0.717, 1.165) is 5.56 Å². The molecule has 0 saturated heterocycles. The Bertz CT molecular complexity index is 1560. The van der Waals surface area contributed by atoms with Crippen LogP contribution in [-0.4, -0.2) is 29.7 Å². The molecule has 0 aliphatic heterocycles. The van der Waals surface area contributed by atoms with Crippen LogP contribution in [0.1, 0.15) is 30.2 Å². The van der Waals surface area contributed by atoms with Gasteiger partial charge in [-0.3, -0.25) is 9.36 Å². The van der Waals surface area contributed by atoms with E-state index in [1.54, 1.807) is 11.5 Å². The number of rotatable bonds is 5. The quantitative estimate of drug-likeness (QED) is 0.408. The summed E-state index contributed by atoms with van der Waals surface area (Å²) < 4.78 is 7.19. The zero-order valence-electron chi connectivity index (χ0n) is 18.9. The van der Waals surface area contributed by atoms with E-state index in [9.17, 15) is 4.79 Å². The number of aromatic nitrogens is 6. The largest absolute Gasteiger partial charge is 0.421 e. The summed E-state index contributed by atoms with van der Waals surface area (Å²) in [6, 6.07) is 14.6. The first-order chi connectivity index (χ1) is 16.4. The number of nitrogens with one attached hydrogen (secondary N) is 1. The molecule has 170 valence electrons. The third-order valence-corrected chi connectivity index (χ3v) is 5.50. The summed E-state index contributed by atoms with van der Waals surface area (Å²) in [5.74, 6) is 1.69. The molecular formula is C24H22N8O2. The van der Waals surface area contributed by atoms with Crippen LogP contribution < -0.4 is 16.6 Å². The van der Waals surface area contributed by atoms with Crippen molar-refractivity contribution in [1.29, 1.82) is 0 Å². The highest BCUT2D eigenvalue weighted by Crippen LogP contribution is 2.32. The summed E-state index contributed by atoms with van der Waals surface area (Å²) in [5.41, 5.74) is 8.57. The highest BCUT2D eigenvalue weighted by atomic mass is 16.4. The Hall–Kier alpha value is -4.60. The number of anilines is 2. The van der Waals surface area contributed by atoms with Gasteiger partial charge in [0.15, 0.2) is 0 Å². The Kier molecular flexibility index (Phi) is 5.25. The monoisotopic (exact) mass is 454 g/mol. The van der Waals surface area contributed by atoms with Gasteiger partial charge in [0.1, 0.15) is 29.4 Å². The molecule has 0 aliphatic carbocycles. The van der Waals surface area contributed by atoms with Crippen molar-refractivity contribution in [1.82, 2.24) is 29.7 Å². The van der Waals surface area contributed by atoms with Gasteiger partial charge in [-0.1, -0.05) is 30.3 Å². The number of benzene rings is 2. The second kappa shape index (κ2) is 8.39. The highest BCUT2D eigenvalue weighted by Gasteiger charge is 2.23. The van der Waals surface area contributed by atoms with Crippen LogP contribution in [0.4, 0.5) is 11.6 Å². The summed E-state index contributed by atoms with van der Waals surface area (Å²) in [7, 11) is 0. The van der Waals surface area contributed by atoms with E-state index in [1.165, 1.54) is 6.33 Å². The molecule has 0 unspecified atom stereocenters. The number of nitrogens with zero attached hydrogens (tertiary/aromatic N) is 6. The second-order valence-corrected chi connectivity index (χ2v) is 7.89. The number of fused-ring (bicyclic) bond motifs is 1. The molecule has 0 aliphatic rings. The maximum Gasteiger partial charge on any atom is 0.266 e. The van der Waals surface area contributed by atoms with Gasteiger partial charge in [-0.25, -0.2) is 15.0 Å². The van der Waals surface area contributed by atoms with Crippen molar-refractivity contribution in [3.05, 3.63) is 82.5 Å². The van der Waals surface area contributed by atoms with Crippen molar-refractivity contribution >= 4 is 22.5 Å². The first-order valence-corrected chi connectivity index (χ1v) is 10.7. The first-order valence-electron chi connectivity index (χ1n) is 10.7. The molecule has 5 rings (SSSR count). The fourth-order valence-electron chi connectivity index (χ4n) is 3.92. The first kappa shape index (κ1) is 21.3. The molecule has 10 heteroatoms. The minimum Gasteiger partial charge on any atom is -0.421 e. The normalized spacial score (nSPS) is 12.1. The van der Waals surface area contributed by atoms with Gasteiger partial charge in [0.05, 0.1) is 22.6 Å². The maximum absolute atomic E-state index is 13.7. The molecule has 0 spiro atoms. The van der Waals surface area contributed by atoms with Crippen molar-refractivity contribution in [2.75, 3.05) is 11.1 Å². The molecule has 0 saturated carbocycles. The average molecular weight is 454 g/mol. The van der Waals surface area contributed by atoms with Crippen LogP contribution in [0.15, 0.2) is 64.1 Å². The molecule has 10 nitrogen and oxygen atoms in total. The zero-order chi connectivity index (χ0) is 23.8. The van der Waals surface area contributed by atoms with Crippen molar-refractivity contribution in [3.8, 4) is 17.1 Å². The third kappa shape index (κ3) is 3.64. The van der Waals surface area contributed by atoms with Gasteiger partial charge >= 0.3 is 0 Å². The van der Waals surface area contributed by atoms with Crippen molar-refractivity contribution in [2.45, 2.75) is 26.8 Å². The Balaban J connectivity index is 1.68. The summed E-state index contributed by atoms with van der Waals surface area (Å²) in [6.45, 7) is 5.49. The van der Waals surface area contributed by atoms with Gasteiger partial charge in [0.2, 0.25) is 5.89 Å². The van der Waals surface area contributed by atoms with E-state index in [4.69, 9.17) is 15.1 Å². The van der Waals surface area contributed by atoms with Crippen molar-refractivity contribution in [2.24, 2.45) is 0 Å². The average Bonchev–Trinajstić information content (AvgIpc) is 3.25. The van der Waals surface area contributed by atoms with Crippen LogP contribution in [0.2, 0.25) is 0 Å². The topological polar surface area (TPSA) is 138 Å². The Morgan fingerprint density at radius 1 is 1.03 bits per heavy atom. The molecule has 0 bridgehead atoms. The van der Waals surface area contributed by atoms with Crippen LogP contribution in [-0.2, 0) is 0 Å². The second-order valence-electron chi connectivity index (χ2n) is 7.89. The van der Waals surface area contributed by atoms with Crippen molar-refractivity contribution in [3.63, 3.8) is 0 Å². The van der Waals surface area contributed by atoms with E-state index in [-0.39, 0.29) is 17.3 Å². The van der Waals surface area contributed by atoms with E-state index in [1.807, 2.05) is 62.4 Å². The number of hydrogen-bond acceptors (Lipinski definition) is 9. The summed E-state index contributed by atoms with van der Waals surface area (Å²) >= 11 is 0. The molecular weight excluding hydrogens is 432 g/mol. The minimum atomic E-state index is -0.449. The summed E-state index contributed by atoms with van der Waals surface area (Å²) in [4.78, 5) is 27.0. The standard InChI is InChI=1S/C24H22N8O2/c1-13-8-7-11-17-18(13)24(33)32(16-9-5-4-6-10-16)22(29-17)14(2)28-21-19(20(25)26-12-27-21)23-31-30-15(3)34-23/h4-12,14H,1-3H3,(H3,25,26,27,28)/t14-/m0/s1. The fourth-order valence-corrected chi connectivity index (χ4v) is 3.92. The molecule has 2 aromatic carbocycles. The zero-order valence-corrected chi connectivity index (χ0v) is 18.9. The lowest BCUT2D eigenvalue weighted by Crippen LogP contribution is -2.28. The van der Waals surface area contributed by atoms with E-state index in [2.05, 4.69) is 25.5 Å². The number of para-hydroxylation sites is 1. The smallest absolute Gasteiger partial charge is 0.266 e. The molecule has 0 amide bonds. The molecule has 3 heterocycles. The lowest BCUT2D eigenvalue weighted by atomic mass is 10.1. The van der Waals surface area contributed by atoms with Gasteiger partial charge in [0, 0.05) is 6.92 Å². The summed E-state index contributed by atoms with van der Waals surface area (Å²) in [5, 5.41) is 11.8. The molecule has 1 atom stereocenters.